The Balaban J connectivity index is 1.63. The van der Waals surface area contributed by atoms with E-state index < -0.39 is 12.6 Å². The van der Waals surface area contributed by atoms with E-state index in [1.54, 1.807) is 29.3 Å². The van der Waals surface area contributed by atoms with E-state index in [9.17, 15) is 13.2 Å². The normalized spacial score (nSPS) is 12.1. The summed E-state index contributed by atoms with van der Waals surface area (Å²) in [4.78, 5) is 12.8. The first-order valence-corrected chi connectivity index (χ1v) is 8.42. The number of imidazole rings is 1. The Morgan fingerprint density at radius 2 is 1.93 bits per heavy atom. The Morgan fingerprint density at radius 1 is 1.11 bits per heavy atom. The SMILES string of the molecule is CCc1cnc2ncc(-c3ccn4nc(NCCC(F)(F)F)ncc34)cn12. The molecule has 27 heavy (non-hydrogen) atoms. The number of nitrogens with one attached hydrogen (secondary N) is 1. The fourth-order valence-corrected chi connectivity index (χ4v) is 2.86. The number of nitrogens with zero attached hydrogens (tertiary/aromatic N) is 6. The number of halogens is 3. The summed E-state index contributed by atoms with van der Waals surface area (Å²) in [5.41, 5.74) is 3.53. The van der Waals surface area contributed by atoms with Gasteiger partial charge in [0.05, 0.1) is 24.3 Å². The van der Waals surface area contributed by atoms with Crippen LogP contribution in [-0.2, 0) is 6.42 Å². The van der Waals surface area contributed by atoms with Crippen molar-refractivity contribution in [2.24, 2.45) is 0 Å². The molecule has 0 saturated heterocycles. The van der Waals surface area contributed by atoms with Crippen LogP contribution in [-0.4, -0.2) is 41.7 Å². The number of aryl methyl sites for hydroxylation is 1. The predicted octanol–water partition coefficient (Wildman–Crippen LogP) is 3.37. The molecule has 0 aliphatic rings. The van der Waals surface area contributed by atoms with E-state index in [1.165, 1.54) is 0 Å². The number of hydrogen-bond acceptors (Lipinski definition) is 5. The summed E-state index contributed by atoms with van der Waals surface area (Å²) in [7, 11) is 0. The molecule has 0 radical (unpaired) electrons. The molecule has 0 atom stereocenters. The summed E-state index contributed by atoms with van der Waals surface area (Å²) in [5, 5.41) is 6.80. The molecule has 0 aromatic carbocycles. The largest absolute Gasteiger partial charge is 0.390 e. The van der Waals surface area contributed by atoms with Gasteiger partial charge in [-0.2, -0.15) is 13.2 Å². The van der Waals surface area contributed by atoms with Crippen molar-refractivity contribution in [2.45, 2.75) is 25.9 Å². The Labute approximate surface area is 151 Å². The molecule has 140 valence electrons. The molecule has 0 aliphatic carbocycles. The first kappa shape index (κ1) is 17.3. The quantitative estimate of drug-likeness (QED) is 0.579. The zero-order valence-electron chi connectivity index (χ0n) is 14.4. The van der Waals surface area contributed by atoms with Gasteiger partial charge in [-0.3, -0.25) is 4.40 Å². The molecule has 0 saturated carbocycles. The molecule has 0 bridgehead atoms. The summed E-state index contributed by atoms with van der Waals surface area (Å²) in [6.45, 7) is 1.77. The van der Waals surface area contributed by atoms with Crippen LogP contribution in [0.25, 0.3) is 22.4 Å². The highest BCUT2D eigenvalue weighted by molar-refractivity contribution is 5.79. The average molecular weight is 375 g/mol. The first-order chi connectivity index (χ1) is 12.9. The van der Waals surface area contributed by atoms with Crippen molar-refractivity contribution in [3.05, 3.63) is 42.7 Å². The molecule has 0 unspecified atom stereocenters. The van der Waals surface area contributed by atoms with E-state index >= 15 is 0 Å². The van der Waals surface area contributed by atoms with Gasteiger partial charge in [0, 0.05) is 42.0 Å². The molecule has 0 spiro atoms. The number of hydrogen-bond donors (Lipinski definition) is 1. The van der Waals surface area contributed by atoms with Crippen molar-refractivity contribution in [3.63, 3.8) is 0 Å². The van der Waals surface area contributed by atoms with E-state index in [1.807, 2.05) is 23.6 Å². The Kier molecular flexibility index (Phi) is 4.17. The topological polar surface area (TPSA) is 72.4 Å². The van der Waals surface area contributed by atoms with Gasteiger partial charge in [-0.15, -0.1) is 5.10 Å². The standard InChI is InChI=1S/C17H16F3N7/c1-2-12-8-24-16-23-7-11(10-26(12)16)13-3-6-27-14(13)9-22-15(25-27)21-5-4-17(18,19)20/h3,6-10H,2,4-5H2,1H3,(H,21,25). The smallest absolute Gasteiger partial charge is 0.353 e. The monoisotopic (exact) mass is 375 g/mol. The molecule has 4 aromatic rings. The van der Waals surface area contributed by atoms with Gasteiger partial charge in [0.25, 0.3) is 0 Å². The van der Waals surface area contributed by atoms with Gasteiger partial charge in [-0.1, -0.05) is 6.92 Å². The Morgan fingerprint density at radius 3 is 2.70 bits per heavy atom. The van der Waals surface area contributed by atoms with Crippen LogP contribution in [0.4, 0.5) is 19.1 Å². The second-order valence-electron chi connectivity index (χ2n) is 6.05. The molecule has 4 heterocycles. The van der Waals surface area contributed by atoms with Crippen LogP contribution >= 0.6 is 0 Å². The van der Waals surface area contributed by atoms with Crippen LogP contribution in [0.5, 0.6) is 0 Å². The van der Waals surface area contributed by atoms with Crippen LogP contribution in [0, 0.1) is 0 Å². The Bertz CT molecular complexity index is 1100. The fraction of sp³-hybridized carbons (Fsp3) is 0.294. The molecule has 4 aromatic heterocycles. The summed E-state index contributed by atoms with van der Waals surface area (Å²) >= 11 is 0. The molecular formula is C17H16F3N7. The third-order valence-electron chi connectivity index (χ3n) is 4.22. The number of fused-ring (bicyclic) bond motifs is 2. The second-order valence-corrected chi connectivity index (χ2v) is 6.05. The highest BCUT2D eigenvalue weighted by atomic mass is 19.4. The van der Waals surface area contributed by atoms with Crippen molar-refractivity contribution >= 4 is 17.2 Å². The number of alkyl halides is 3. The fourth-order valence-electron chi connectivity index (χ4n) is 2.86. The molecule has 0 amide bonds. The highest BCUT2D eigenvalue weighted by Crippen LogP contribution is 2.25. The summed E-state index contributed by atoms with van der Waals surface area (Å²) in [6.07, 6.45) is 4.48. The van der Waals surface area contributed by atoms with Crippen LogP contribution in [0.15, 0.2) is 37.1 Å². The van der Waals surface area contributed by atoms with Crippen molar-refractivity contribution < 1.29 is 13.2 Å². The Hall–Kier alpha value is -3.17. The van der Waals surface area contributed by atoms with E-state index in [0.717, 1.165) is 28.8 Å². The van der Waals surface area contributed by atoms with Gasteiger partial charge >= 0.3 is 6.18 Å². The van der Waals surface area contributed by atoms with Gasteiger partial charge < -0.3 is 5.32 Å². The minimum absolute atomic E-state index is 0.144. The van der Waals surface area contributed by atoms with Gasteiger partial charge in [0.1, 0.15) is 0 Å². The third-order valence-corrected chi connectivity index (χ3v) is 4.22. The molecular weight excluding hydrogens is 359 g/mol. The molecule has 7 nitrogen and oxygen atoms in total. The van der Waals surface area contributed by atoms with Crippen LogP contribution in [0.2, 0.25) is 0 Å². The van der Waals surface area contributed by atoms with Crippen molar-refractivity contribution in [3.8, 4) is 11.1 Å². The van der Waals surface area contributed by atoms with Gasteiger partial charge in [-0.05, 0) is 12.5 Å². The van der Waals surface area contributed by atoms with Crippen molar-refractivity contribution in [2.75, 3.05) is 11.9 Å². The zero-order chi connectivity index (χ0) is 19.0. The number of anilines is 1. The van der Waals surface area contributed by atoms with Gasteiger partial charge in [0.15, 0.2) is 0 Å². The van der Waals surface area contributed by atoms with Crippen LogP contribution in [0.3, 0.4) is 0 Å². The van der Waals surface area contributed by atoms with Crippen molar-refractivity contribution in [1.82, 2.24) is 29.0 Å². The average Bonchev–Trinajstić information content (AvgIpc) is 3.23. The molecule has 1 N–H and O–H groups in total. The maximum atomic E-state index is 12.2. The summed E-state index contributed by atoms with van der Waals surface area (Å²) in [5.74, 6) is 0.775. The van der Waals surface area contributed by atoms with E-state index in [4.69, 9.17) is 0 Å². The lowest BCUT2D eigenvalue weighted by Gasteiger charge is -2.08. The van der Waals surface area contributed by atoms with Crippen molar-refractivity contribution in [1.29, 1.82) is 0 Å². The van der Waals surface area contributed by atoms with Crippen LogP contribution < -0.4 is 5.32 Å². The lowest BCUT2D eigenvalue weighted by atomic mass is 10.1. The van der Waals surface area contributed by atoms with E-state index in [0.29, 0.717) is 5.78 Å². The van der Waals surface area contributed by atoms with Gasteiger partial charge in [0.2, 0.25) is 11.7 Å². The number of aromatic nitrogens is 6. The zero-order valence-corrected chi connectivity index (χ0v) is 14.4. The third kappa shape index (κ3) is 3.42. The van der Waals surface area contributed by atoms with Gasteiger partial charge in [-0.25, -0.2) is 19.5 Å². The van der Waals surface area contributed by atoms with Crippen LogP contribution in [0.1, 0.15) is 19.0 Å². The second kappa shape index (κ2) is 6.53. The highest BCUT2D eigenvalue weighted by Gasteiger charge is 2.26. The molecule has 4 rings (SSSR count). The molecule has 0 aliphatic heterocycles. The maximum Gasteiger partial charge on any atom is 0.390 e. The maximum absolute atomic E-state index is 12.2. The minimum Gasteiger partial charge on any atom is -0.353 e. The predicted molar refractivity (Wildman–Crippen MR) is 93.5 cm³/mol. The van der Waals surface area contributed by atoms with E-state index in [-0.39, 0.29) is 12.5 Å². The lowest BCUT2D eigenvalue weighted by molar-refractivity contribution is -0.131. The minimum atomic E-state index is -4.21. The summed E-state index contributed by atoms with van der Waals surface area (Å²) in [6, 6.07) is 1.87. The molecule has 10 heteroatoms. The molecule has 0 fully saturated rings. The lowest BCUT2D eigenvalue weighted by Crippen LogP contribution is -2.16. The van der Waals surface area contributed by atoms with E-state index in [2.05, 4.69) is 25.4 Å². The first-order valence-electron chi connectivity index (χ1n) is 8.42. The summed E-state index contributed by atoms with van der Waals surface area (Å²) < 4.78 is 40.3. The number of rotatable bonds is 5.